The lowest BCUT2D eigenvalue weighted by Gasteiger charge is -2.26. The van der Waals surface area contributed by atoms with Crippen molar-refractivity contribution in [2.75, 3.05) is 7.05 Å². The molecular weight excluding hydrogens is 322 g/mol. The molecule has 0 aliphatic carbocycles. The number of carbonyl (C=O) groups excluding carboxylic acids is 1. The standard InChI is InChI=1S/C11H8Cl2F3NO3/c1-17(10(20)11(14,15)16)8(9(18)19)5-2-3-6(12)7(13)4-5/h2-4,8H,1H3,(H,18,19). The summed E-state index contributed by atoms with van der Waals surface area (Å²) >= 11 is 11.3. The topological polar surface area (TPSA) is 57.6 Å². The molecular formula is C11H8Cl2F3NO3. The largest absolute Gasteiger partial charge is 0.479 e. The summed E-state index contributed by atoms with van der Waals surface area (Å²) in [5.41, 5.74) is -0.0907. The summed E-state index contributed by atoms with van der Waals surface area (Å²) in [6.45, 7) is 0. The highest BCUT2D eigenvalue weighted by atomic mass is 35.5. The summed E-state index contributed by atoms with van der Waals surface area (Å²) in [4.78, 5) is 22.3. The van der Waals surface area contributed by atoms with Crippen LogP contribution >= 0.6 is 23.2 Å². The van der Waals surface area contributed by atoms with Gasteiger partial charge in [-0.15, -0.1) is 0 Å². The Morgan fingerprint density at radius 1 is 1.25 bits per heavy atom. The highest BCUT2D eigenvalue weighted by Gasteiger charge is 2.45. The van der Waals surface area contributed by atoms with Crippen LogP contribution in [0.4, 0.5) is 13.2 Å². The molecule has 9 heteroatoms. The first kappa shape index (κ1) is 16.6. The Kier molecular flexibility index (Phi) is 4.88. The molecule has 0 aliphatic rings. The molecule has 0 spiro atoms. The molecule has 20 heavy (non-hydrogen) atoms. The molecule has 1 aromatic carbocycles. The monoisotopic (exact) mass is 329 g/mol. The minimum absolute atomic E-state index is 0.0247. The number of carboxylic acids is 1. The van der Waals surface area contributed by atoms with Gasteiger partial charge in [0.15, 0.2) is 6.04 Å². The number of carboxylic acid groups (broad SMARTS) is 1. The maximum atomic E-state index is 12.4. The molecule has 0 bridgehead atoms. The third-order valence-corrected chi connectivity index (χ3v) is 3.18. The van der Waals surface area contributed by atoms with Crippen molar-refractivity contribution < 1.29 is 27.9 Å². The average molecular weight is 330 g/mol. The van der Waals surface area contributed by atoms with Crippen LogP contribution in [0.1, 0.15) is 11.6 Å². The predicted octanol–water partition coefficient (Wildman–Crippen LogP) is 3.14. The molecule has 1 atom stereocenters. The van der Waals surface area contributed by atoms with Crippen molar-refractivity contribution in [3.05, 3.63) is 33.8 Å². The number of likely N-dealkylation sites (N-methyl/N-ethyl adjacent to an activating group) is 1. The number of halogens is 5. The number of amides is 1. The molecule has 0 radical (unpaired) electrons. The number of aliphatic carboxylic acids is 1. The number of carbonyl (C=O) groups is 2. The number of benzene rings is 1. The van der Waals surface area contributed by atoms with Crippen molar-refractivity contribution in [1.82, 2.24) is 4.90 Å². The molecule has 0 fully saturated rings. The average Bonchev–Trinajstić information content (AvgIpc) is 2.31. The number of nitrogens with zero attached hydrogens (tertiary/aromatic N) is 1. The van der Waals surface area contributed by atoms with Crippen LogP contribution in [-0.4, -0.2) is 35.1 Å². The molecule has 1 N–H and O–H groups in total. The Balaban J connectivity index is 3.21. The third kappa shape index (κ3) is 3.55. The lowest BCUT2D eigenvalue weighted by atomic mass is 10.1. The van der Waals surface area contributed by atoms with Gasteiger partial charge < -0.3 is 10.0 Å². The van der Waals surface area contributed by atoms with E-state index in [2.05, 4.69) is 0 Å². The summed E-state index contributed by atoms with van der Waals surface area (Å²) in [5.74, 6) is -3.89. The molecule has 110 valence electrons. The van der Waals surface area contributed by atoms with Gasteiger partial charge in [0.1, 0.15) is 0 Å². The van der Waals surface area contributed by atoms with E-state index < -0.39 is 24.1 Å². The van der Waals surface area contributed by atoms with E-state index in [1.165, 1.54) is 12.1 Å². The van der Waals surface area contributed by atoms with Crippen molar-refractivity contribution in [2.45, 2.75) is 12.2 Å². The first-order valence-electron chi connectivity index (χ1n) is 5.07. The second kappa shape index (κ2) is 5.88. The van der Waals surface area contributed by atoms with Gasteiger partial charge in [-0.05, 0) is 17.7 Å². The minimum atomic E-state index is -5.17. The van der Waals surface area contributed by atoms with Crippen LogP contribution in [0, 0.1) is 0 Å². The maximum Gasteiger partial charge on any atom is 0.471 e. The summed E-state index contributed by atoms with van der Waals surface area (Å²) in [6.07, 6.45) is -5.17. The van der Waals surface area contributed by atoms with E-state index in [4.69, 9.17) is 28.3 Å². The molecule has 1 amide bonds. The lowest BCUT2D eigenvalue weighted by Crippen LogP contribution is -2.43. The zero-order valence-corrected chi connectivity index (χ0v) is 11.4. The molecule has 0 aliphatic heterocycles. The van der Waals surface area contributed by atoms with E-state index in [-0.39, 0.29) is 20.5 Å². The number of alkyl halides is 3. The van der Waals surface area contributed by atoms with E-state index >= 15 is 0 Å². The summed E-state index contributed by atoms with van der Waals surface area (Å²) in [6, 6.07) is 1.70. The molecule has 0 heterocycles. The Bertz CT molecular complexity index is 548. The van der Waals surface area contributed by atoms with Crippen molar-refractivity contribution >= 4 is 35.1 Å². The minimum Gasteiger partial charge on any atom is -0.479 e. The van der Waals surface area contributed by atoms with E-state index in [1.54, 1.807) is 0 Å². The predicted molar refractivity (Wildman–Crippen MR) is 65.7 cm³/mol. The van der Waals surface area contributed by atoms with Gasteiger partial charge >= 0.3 is 18.1 Å². The fraction of sp³-hybridized carbons (Fsp3) is 0.273. The third-order valence-electron chi connectivity index (χ3n) is 2.44. The van der Waals surface area contributed by atoms with E-state index in [9.17, 15) is 22.8 Å². The second-order valence-electron chi connectivity index (χ2n) is 3.83. The highest BCUT2D eigenvalue weighted by Crippen LogP contribution is 2.30. The van der Waals surface area contributed by atoms with Gasteiger partial charge in [0.25, 0.3) is 0 Å². The fourth-order valence-electron chi connectivity index (χ4n) is 1.53. The van der Waals surface area contributed by atoms with Crippen molar-refractivity contribution in [1.29, 1.82) is 0 Å². The van der Waals surface area contributed by atoms with Crippen LogP contribution in [0.3, 0.4) is 0 Å². The molecule has 0 saturated carbocycles. The summed E-state index contributed by atoms with van der Waals surface area (Å²) in [7, 11) is 0.747. The molecule has 0 saturated heterocycles. The van der Waals surface area contributed by atoms with Crippen molar-refractivity contribution in [3.63, 3.8) is 0 Å². The molecule has 0 aromatic heterocycles. The zero-order valence-electron chi connectivity index (χ0n) is 9.91. The number of hydrogen-bond acceptors (Lipinski definition) is 2. The van der Waals surface area contributed by atoms with Gasteiger partial charge in [-0.25, -0.2) is 4.79 Å². The van der Waals surface area contributed by atoms with Crippen molar-refractivity contribution in [3.8, 4) is 0 Å². The van der Waals surface area contributed by atoms with Gasteiger partial charge in [0, 0.05) is 7.05 Å². The number of hydrogen-bond donors (Lipinski definition) is 1. The Morgan fingerprint density at radius 2 is 1.80 bits per heavy atom. The maximum absolute atomic E-state index is 12.4. The first-order valence-corrected chi connectivity index (χ1v) is 5.83. The van der Waals surface area contributed by atoms with Gasteiger partial charge in [0.2, 0.25) is 0 Å². The van der Waals surface area contributed by atoms with E-state index in [0.29, 0.717) is 0 Å². The van der Waals surface area contributed by atoms with Gasteiger partial charge in [-0.2, -0.15) is 13.2 Å². The van der Waals surface area contributed by atoms with Crippen LogP contribution in [-0.2, 0) is 9.59 Å². The lowest BCUT2D eigenvalue weighted by molar-refractivity contribution is -0.188. The van der Waals surface area contributed by atoms with E-state index in [0.717, 1.165) is 13.1 Å². The van der Waals surface area contributed by atoms with Crippen LogP contribution in [0.2, 0.25) is 10.0 Å². The SMILES string of the molecule is CN(C(=O)C(F)(F)F)C(C(=O)O)c1ccc(Cl)c(Cl)c1. The fourth-order valence-corrected chi connectivity index (χ4v) is 1.84. The first-order chi connectivity index (χ1) is 9.05. The quantitative estimate of drug-likeness (QED) is 0.926. The van der Waals surface area contributed by atoms with Crippen LogP contribution in [0.25, 0.3) is 0 Å². The molecule has 1 aromatic rings. The molecule has 1 unspecified atom stereocenters. The summed E-state index contributed by atoms with van der Waals surface area (Å²) in [5, 5.41) is 9.13. The smallest absolute Gasteiger partial charge is 0.471 e. The van der Waals surface area contributed by atoms with Crippen LogP contribution < -0.4 is 0 Å². The zero-order chi connectivity index (χ0) is 15.7. The van der Waals surface area contributed by atoms with Crippen LogP contribution in [0.15, 0.2) is 18.2 Å². The molecule has 1 rings (SSSR count). The Hall–Kier alpha value is -1.47. The Morgan fingerprint density at radius 3 is 2.20 bits per heavy atom. The molecule has 4 nitrogen and oxygen atoms in total. The normalized spacial score (nSPS) is 12.9. The second-order valence-corrected chi connectivity index (χ2v) is 4.64. The van der Waals surface area contributed by atoms with Gasteiger partial charge in [-0.3, -0.25) is 4.79 Å². The van der Waals surface area contributed by atoms with Gasteiger partial charge in [0.05, 0.1) is 10.0 Å². The summed E-state index contributed by atoms with van der Waals surface area (Å²) < 4.78 is 37.1. The van der Waals surface area contributed by atoms with Crippen molar-refractivity contribution in [2.24, 2.45) is 0 Å². The van der Waals surface area contributed by atoms with E-state index in [1.807, 2.05) is 0 Å². The highest BCUT2D eigenvalue weighted by molar-refractivity contribution is 6.42. The Labute approximate surface area is 121 Å². The van der Waals surface area contributed by atoms with Crippen LogP contribution in [0.5, 0.6) is 0 Å². The van der Waals surface area contributed by atoms with Gasteiger partial charge in [-0.1, -0.05) is 29.3 Å². The number of rotatable bonds is 3.